The Morgan fingerprint density at radius 2 is 1.58 bits per heavy atom. The van der Waals surface area contributed by atoms with Crippen LogP contribution in [-0.4, -0.2) is 32.1 Å². The van der Waals surface area contributed by atoms with Crippen LogP contribution in [0.1, 0.15) is 45.2 Å². The van der Waals surface area contributed by atoms with Crippen LogP contribution < -0.4 is 9.47 Å². The second-order valence-electron chi connectivity index (χ2n) is 6.32. The van der Waals surface area contributed by atoms with Gasteiger partial charge in [0.2, 0.25) is 5.78 Å². The van der Waals surface area contributed by atoms with Crippen LogP contribution in [0, 0.1) is 0 Å². The van der Waals surface area contributed by atoms with Crippen LogP contribution in [-0.2, 0) is 17.6 Å². The number of hydrogen-bond donors (Lipinski definition) is 0. The van der Waals surface area contributed by atoms with Gasteiger partial charge in [-0.1, -0.05) is 12.1 Å². The van der Waals surface area contributed by atoms with E-state index in [1.807, 2.05) is 18.2 Å². The maximum atomic E-state index is 12.6. The van der Waals surface area contributed by atoms with E-state index in [0.29, 0.717) is 22.6 Å². The zero-order chi connectivity index (χ0) is 18.7. The van der Waals surface area contributed by atoms with Crippen molar-refractivity contribution in [2.24, 2.45) is 0 Å². The summed E-state index contributed by atoms with van der Waals surface area (Å²) in [7, 11) is 3.01. The van der Waals surface area contributed by atoms with Crippen molar-refractivity contribution in [2.75, 3.05) is 14.2 Å². The molecule has 1 aliphatic rings. The van der Waals surface area contributed by atoms with Crippen molar-refractivity contribution < 1.29 is 23.8 Å². The Hall–Kier alpha value is -2.82. The number of rotatable bonds is 6. The van der Waals surface area contributed by atoms with E-state index in [2.05, 4.69) is 0 Å². The number of carbonyl (C=O) groups is 2. The van der Waals surface area contributed by atoms with Crippen molar-refractivity contribution in [1.29, 1.82) is 0 Å². The fourth-order valence-corrected chi connectivity index (χ4v) is 3.21. The van der Waals surface area contributed by atoms with E-state index in [1.54, 1.807) is 19.1 Å². The topological polar surface area (TPSA) is 61.8 Å². The SMILES string of the molecule is COc1ccc(C(=O)OC(C)C(=O)c2ccc3c(c2)CCC3)cc1OC. The number of ether oxygens (including phenoxy) is 3. The Balaban J connectivity index is 1.71. The van der Waals surface area contributed by atoms with E-state index in [0.717, 1.165) is 19.3 Å². The van der Waals surface area contributed by atoms with Gasteiger partial charge < -0.3 is 14.2 Å². The highest BCUT2D eigenvalue weighted by atomic mass is 16.5. The molecule has 136 valence electrons. The predicted octanol–water partition coefficient (Wildman–Crippen LogP) is 3.62. The van der Waals surface area contributed by atoms with Crippen LogP contribution in [0.5, 0.6) is 11.5 Å². The van der Waals surface area contributed by atoms with Gasteiger partial charge in [-0.05, 0) is 61.6 Å². The van der Waals surface area contributed by atoms with Gasteiger partial charge in [-0.2, -0.15) is 0 Å². The number of aryl methyl sites for hydroxylation is 2. The normalized spacial score (nSPS) is 13.7. The highest BCUT2D eigenvalue weighted by Crippen LogP contribution is 2.28. The molecule has 0 saturated carbocycles. The lowest BCUT2D eigenvalue weighted by molar-refractivity contribution is 0.0318. The third kappa shape index (κ3) is 3.57. The lowest BCUT2D eigenvalue weighted by atomic mass is 10.0. The van der Waals surface area contributed by atoms with Crippen molar-refractivity contribution >= 4 is 11.8 Å². The van der Waals surface area contributed by atoms with Gasteiger partial charge in [-0.3, -0.25) is 4.79 Å². The summed E-state index contributed by atoms with van der Waals surface area (Å²) in [6, 6.07) is 10.5. The van der Waals surface area contributed by atoms with Gasteiger partial charge in [-0.25, -0.2) is 4.79 Å². The first kappa shape index (κ1) is 18.0. The first-order valence-corrected chi connectivity index (χ1v) is 8.62. The number of carbonyl (C=O) groups excluding carboxylic acids is 2. The molecule has 0 aliphatic heterocycles. The first-order valence-electron chi connectivity index (χ1n) is 8.62. The standard InChI is InChI=1S/C21H22O5/c1-13(20(22)16-8-7-14-5-4-6-15(14)11-16)26-21(23)17-9-10-18(24-2)19(12-17)25-3/h7-13H,4-6H2,1-3H3. The van der Waals surface area contributed by atoms with E-state index in [4.69, 9.17) is 14.2 Å². The minimum atomic E-state index is -0.866. The molecule has 2 aromatic rings. The molecule has 5 heteroatoms. The van der Waals surface area contributed by atoms with Crippen LogP contribution >= 0.6 is 0 Å². The number of hydrogen-bond acceptors (Lipinski definition) is 5. The summed E-state index contributed by atoms with van der Waals surface area (Å²) in [5, 5.41) is 0. The third-order valence-corrected chi connectivity index (χ3v) is 4.66. The van der Waals surface area contributed by atoms with Crippen molar-refractivity contribution in [2.45, 2.75) is 32.3 Å². The smallest absolute Gasteiger partial charge is 0.338 e. The highest BCUT2D eigenvalue weighted by Gasteiger charge is 2.22. The second kappa shape index (κ2) is 7.60. The molecule has 0 aromatic heterocycles. The molecule has 0 bridgehead atoms. The van der Waals surface area contributed by atoms with E-state index >= 15 is 0 Å². The summed E-state index contributed by atoms with van der Waals surface area (Å²) in [5.41, 5.74) is 3.40. The van der Waals surface area contributed by atoms with Gasteiger partial charge in [0.15, 0.2) is 17.6 Å². The molecule has 0 saturated heterocycles. The molecule has 3 rings (SSSR count). The Kier molecular flexibility index (Phi) is 5.26. The number of fused-ring (bicyclic) bond motifs is 1. The average Bonchev–Trinajstić information content (AvgIpc) is 3.14. The second-order valence-corrected chi connectivity index (χ2v) is 6.32. The maximum Gasteiger partial charge on any atom is 0.338 e. The number of esters is 1. The summed E-state index contributed by atoms with van der Waals surface area (Å²) in [6.45, 7) is 1.59. The molecule has 0 radical (unpaired) electrons. The third-order valence-electron chi connectivity index (χ3n) is 4.66. The molecule has 2 aromatic carbocycles. The van der Waals surface area contributed by atoms with Crippen LogP contribution in [0.2, 0.25) is 0 Å². The summed E-state index contributed by atoms with van der Waals surface area (Å²) in [6.07, 6.45) is 2.32. The molecule has 1 atom stereocenters. The van der Waals surface area contributed by atoms with Crippen LogP contribution in [0.15, 0.2) is 36.4 Å². The van der Waals surface area contributed by atoms with Gasteiger partial charge in [0.05, 0.1) is 19.8 Å². The number of benzene rings is 2. The van der Waals surface area contributed by atoms with Gasteiger partial charge in [0.25, 0.3) is 0 Å². The largest absolute Gasteiger partial charge is 0.493 e. The summed E-state index contributed by atoms with van der Waals surface area (Å²) in [5.74, 6) is 0.173. The Labute approximate surface area is 152 Å². The number of methoxy groups -OCH3 is 2. The lowest BCUT2D eigenvalue weighted by Crippen LogP contribution is -2.24. The average molecular weight is 354 g/mol. The van der Waals surface area contributed by atoms with Crippen molar-refractivity contribution in [3.63, 3.8) is 0 Å². The van der Waals surface area contributed by atoms with Crippen LogP contribution in [0.4, 0.5) is 0 Å². The molecule has 0 fully saturated rings. The van der Waals surface area contributed by atoms with E-state index in [9.17, 15) is 9.59 Å². The Morgan fingerprint density at radius 1 is 0.885 bits per heavy atom. The Bertz CT molecular complexity index is 840. The molecule has 0 spiro atoms. The number of Topliss-reactive ketones (excluding diaryl/α,β-unsaturated/α-hetero) is 1. The molecular formula is C21H22O5. The van der Waals surface area contributed by atoms with Crippen LogP contribution in [0.25, 0.3) is 0 Å². The minimum Gasteiger partial charge on any atom is -0.493 e. The monoisotopic (exact) mass is 354 g/mol. The lowest BCUT2D eigenvalue weighted by Gasteiger charge is -2.14. The molecule has 0 amide bonds. The molecule has 26 heavy (non-hydrogen) atoms. The zero-order valence-corrected chi connectivity index (χ0v) is 15.2. The van der Waals surface area contributed by atoms with Gasteiger partial charge in [-0.15, -0.1) is 0 Å². The molecule has 5 nitrogen and oxygen atoms in total. The quantitative estimate of drug-likeness (QED) is 0.586. The van der Waals surface area contributed by atoms with Gasteiger partial charge in [0, 0.05) is 5.56 Å². The fourth-order valence-electron chi connectivity index (χ4n) is 3.21. The van der Waals surface area contributed by atoms with E-state index in [1.165, 1.54) is 31.4 Å². The van der Waals surface area contributed by atoms with Crippen molar-refractivity contribution in [1.82, 2.24) is 0 Å². The highest BCUT2D eigenvalue weighted by molar-refractivity contribution is 6.01. The van der Waals surface area contributed by atoms with Crippen molar-refractivity contribution in [3.05, 3.63) is 58.7 Å². The minimum absolute atomic E-state index is 0.200. The summed E-state index contributed by atoms with van der Waals surface area (Å²) >= 11 is 0. The molecule has 1 aliphatic carbocycles. The van der Waals surface area contributed by atoms with Crippen molar-refractivity contribution in [3.8, 4) is 11.5 Å². The predicted molar refractivity (Wildman–Crippen MR) is 97.2 cm³/mol. The van der Waals surface area contributed by atoms with Gasteiger partial charge in [0.1, 0.15) is 0 Å². The zero-order valence-electron chi connectivity index (χ0n) is 15.2. The Morgan fingerprint density at radius 3 is 2.31 bits per heavy atom. The van der Waals surface area contributed by atoms with E-state index < -0.39 is 12.1 Å². The molecular weight excluding hydrogens is 332 g/mol. The first-order chi connectivity index (χ1) is 12.5. The molecule has 0 N–H and O–H groups in total. The number of ketones is 1. The van der Waals surface area contributed by atoms with Crippen LogP contribution in [0.3, 0.4) is 0 Å². The molecule has 1 unspecified atom stereocenters. The summed E-state index contributed by atoms with van der Waals surface area (Å²) < 4.78 is 15.7. The molecule has 0 heterocycles. The van der Waals surface area contributed by atoms with E-state index in [-0.39, 0.29) is 5.78 Å². The van der Waals surface area contributed by atoms with Gasteiger partial charge >= 0.3 is 5.97 Å². The maximum absolute atomic E-state index is 12.6. The fraction of sp³-hybridized carbons (Fsp3) is 0.333. The summed E-state index contributed by atoms with van der Waals surface area (Å²) in [4.78, 5) is 25.0.